The van der Waals surface area contributed by atoms with Crippen LogP contribution in [0.25, 0.3) is 16.7 Å². The van der Waals surface area contributed by atoms with Crippen LogP contribution in [-0.2, 0) is 4.79 Å². The molecule has 0 radical (unpaired) electrons. The third-order valence-corrected chi connectivity index (χ3v) is 5.98. The van der Waals surface area contributed by atoms with Crippen molar-refractivity contribution in [2.75, 3.05) is 5.32 Å². The van der Waals surface area contributed by atoms with Crippen molar-refractivity contribution in [2.45, 2.75) is 26.8 Å². The number of carbonyl (C=O) groups excluding carboxylic acids is 3. The zero-order valence-electron chi connectivity index (χ0n) is 19.0. The maximum Gasteiger partial charge on any atom is 0.262 e. The third kappa shape index (κ3) is 3.44. The zero-order chi connectivity index (χ0) is 24.0. The maximum absolute atomic E-state index is 13.3. The predicted molar refractivity (Wildman–Crippen MR) is 128 cm³/mol. The molecular weight excluding hydrogens is 430 g/mol. The number of amides is 3. The average Bonchev–Trinajstić information content (AvgIpc) is 3.29. The second-order valence-corrected chi connectivity index (χ2v) is 8.63. The van der Waals surface area contributed by atoms with Gasteiger partial charge in [-0.2, -0.15) is 5.10 Å². The Kier molecular flexibility index (Phi) is 5.20. The summed E-state index contributed by atoms with van der Waals surface area (Å²) in [6.07, 6.45) is 1.56. The Hall–Kier alpha value is -4.33. The van der Waals surface area contributed by atoms with Crippen molar-refractivity contribution in [1.29, 1.82) is 0 Å². The smallest absolute Gasteiger partial charge is 0.262 e. The summed E-state index contributed by atoms with van der Waals surface area (Å²) in [6.45, 7) is 5.50. The quantitative estimate of drug-likeness (QED) is 0.461. The van der Waals surface area contributed by atoms with Crippen LogP contribution >= 0.6 is 0 Å². The van der Waals surface area contributed by atoms with E-state index in [1.807, 2.05) is 57.2 Å². The predicted octanol–water partition coefficient (Wildman–Crippen LogP) is 3.99. The number of rotatable bonds is 5. The summed E-state index contributed by atoms with van der Waals surface area (Å²) in [5.74, 6) is -1.65. The Morgan fingerprint density at radius 3 is 2.18 bits per heavy atom. The fraction of sp³-hybridized carbons (Fsp3) is 0.192. The molecule has 170 valence electrons. The first-order valence-corrected chi connectivity index (χ1v) is 11.1. The number of nitrogens with zero attached hydrogens (tertiary/aromatic N) is 4. The molecule has 1 unspecified atom stereocenters. The van der Waals surface area contributed by atoms with Crippen LogP contribution in [0.2, 0.25) is 0 Å². The van der Waals surface area contributed by atoms with Crippen molar-refractivity contribution in [3.05, 3.63) is 83.7 Å². The second kappa shape index (κ2) is 8.22. The van der Waals surface area contributed by atoms with E-state index in [0.717, 1.165) is 21.7 Å². The number of hydrogen-bond acceptors (Lipinski definition) is 5. The molecule has 0 spiro atoms. The molecule has 0 fully saturated rings. The molecule has 4 aromatic rings. The molecule has 1 aliphatic heterocycles. The Balaban J connectivity index is 1.45. The highest BCUT2D eigenvalue weighted by Gasteiger charge is 2.43. The number of fused-ring (bicyclic) bond motifs is 2. The number of aryl methyl sites for hydroxylation is 1. The molecule has 2 aromatic carbocycles. The van der Waals surface area contributed by atoms with Gasteiger partial charge in [-0.05, 0) is 43.2 Å². The summed E-state index contributed by atoms with van der Waals surface area (Å²) in [4.78, 5) is 44.9. The standard InChI is InChI=1S/C26H23N5O3/c1-15(2)22(30-25(33)19-11-7-8-12-20(19)26(30)34)24(32)28-17-13-21-16(3)29-31(23(21)27-14-17)18-9-5-4-6-10-18/h4-15,22H,1-3H3,(H,28,32). The molecule has 0 saturated carbocycles. The lowest BCUT2D eigenvalue weighted by molar-refractivity contribution is -0.121. The molecule has 1 aliphatic rings. The highest BCUT2D eigenvalue weighted by molar-refractivity contribution is 6.23. The molecule has 3 heterocycles. The molecule has 2 aromatic heterocycles. The lowest BCUT2D eigenvalue weighted by Gasteiger charge is -2.28. The summed E-state index contributed by atoms with van der Waals surface area (Å²) in [6, 6.07) is 17.1. The summed E-state index contributed by atoms with van der Waals surface area (Å²) < 4.78 is 1.76. The monoisotopic (exact) mass is 453 g/mol. The summed E-state index contributed by atoms with van der Waals surface area (Å²) >= 11 is 0. The van der Waals surface area contributed by atoms with Gasteiger partial charge in [-0.3, -0.25) is 19.3 Å². The molecule has 1 N–H and O–H groups in total. The SMILES string of the molecule is Cc1nn(-c2ccccc2)c2ncc(NC(=O)C(C(C)C)N3C(=O)c4ccccc4C3=O)cc12. The van der Waals surface area contributed by atoms with Crippen molar-refractivity contribution in [3.63, 3.8) is 0 Å². The van der Waals surface area contributed by atoms with Gasteiger partial charge < -0.3 is 5.32 Å². The minimum atomic E-state index is -0.962. The van der Waals surface area contributed by atoms with E-state index in [-0.39, 0.29) is 5.92 Å². The van der Waals surface area contributed by atoms with Crippen LogP contribution in [0.5, 0.6) is 0 Å². The van der Waals surface area contributed by atoms with Gasteiger partial charge in [0.25, 0.3) is 11.8 Å². The van der Waals surface area contributed by atoms with Gasteiger partial charge in [-0.25, -0.2) is 9.67 Å². The van der Waals surface area contributed by atoms with Crippen LogP contribution in [0, 0.1) is 12.8 Å². The van der Waals surface area contributed by atoms with E-state index < -0.39 is 23.8 Å². The summed E-state index contributed by atoms with van der Waals surface area (Å²) in [7, 11) is 0. The van der Waals surface area contributed by atoms with E-state index in [4.69, 9.17) is 0 Å². The highest BCUT2D eigenvalue weighted by atomic mass is 16.2. The van der Waals surface area contributed by atoms with Gasteiger partial charge in [0.2, 0.25) is 5.91 Å². The van der Waals surface area contributed by atoms with Crippen LogP contribution in [-0.4, -0.2) is 43.4 Å². The maximum atomic E-state index is 13.3. The Morgan fingerprint density at radius 2 is 1.56 bits per heavy atom. The Labute approximate surface area is 196 Å². The van der Waals surface area contributed by atoms with Crippen LogP contribution in [0.1, 0.15) is 40.3 Å². The number of para-hydroxylation sites is 1. The van der Waals surface area contributed by atoms with Crippen LogP contribution in [0.3, 0.4) is 0 Å². The number of benzene rings is 2. The van der Waals surface area contributed by atoms with E-state index >= 15 is 0 Å². The van der Waals surface area contributed by atoms with Crippen LogP contribution < -0.4 is 5.32 Å². The third-order valence-electron chi connectivity index (χ3n) is 5.98. The molecule has 8 heteroatoms. The number of pyridine rings is 1. The fourth-order valence-electron chi connectivity index (χ4n) is 4.36. The van der Waals surface area contributed by atoms with Crippen molar-refractivity contribution < 1.29 is 14.4 Å². The molecule has 3 amide bonds. The van der Waals surface area contributed by atoms with Gasteiger partial charge in [-0.15, -0.1) is 0 Å². The lowest BCUT2D eigenvalue weighted by Crippen LogP contribution is -2.50. The highest BCUT2D eigenvalue weighted by Crippen LogP contribution is 2.28. The van der Waals surface area contributed by atoms with E-state index in [1.165, 1.54) is 0 Å². The first-order valence-electron chi connectivity index (χ1n) is 11.1. The van der Waals surface area contributed by atoms with Crippen LogP contribution in [0.15, 0.2) is 66.9 Å². The van der Waals surface area contributed by atoms with E-state index in [2.05, 4.69) is 15.4 Å². The first kappa shape index (κ1) is 21.5. The molecule has 1 atom stereocenters. The zero-order valence-corrected chi connectivity index (χ0v) is 19.0. The van der Waals surface area contributed by atoms with Crippen molar-refractivity contribution in [2.24, 2.45) is 5.92 Å². The number of nitrogens with one attached hydrogen (secondary N) is 1. The normalized spacial score (nSPS) is 14.1. The number of carbonyl (C=O) groups is 3. The van der Waals surface area contributed by atoms with Gasteiger partial charge in [0.1, 0.15) is 6.04 Å². The van der Waals surface area contributed by atoms with E-state index in [0.29, 0.717) is 22.5 Å². The molecule has 8 nitrogen and oxygen atoms in total. The molecule has 0 aliphatic carbocycles. The number of imide groups is 1. The summed E-state index contributed by atoms with van der Waals surface area (Å²) in [5.41, 5.74) is 3.42. The topological polar surface area (TPSA) is 97.2 Å². The number of aromatic nitrogens is 3. The lowest BCUT2D eigenvalue weighted by atomic mass is 10.0. The van der Waals surface area contributed by atoms with Gasteiger partial charge >= 0.3 is 0 Å². The van der Waals surface area contributed by atoms with E-state index in [9.17, 15) is 14.4 Å². The molecule has 0 saturated heterocycles. The number of hydrogen-bond donors (Lipinski definition) is 1. The molecule has 5 rings (SSSR count). The van der Waals surface area contributed by atoms with Crippen molar-refractivity contribution in [1.82, 2.24) is 19.7 Å². The van der Waals surface area contributed by atoms with Gasteiger partial charge in [0.05, 0.1) is 34.4 Å². The minimum absolute atomic E-state index is 0.290. The van der Waals surface area contributed by atoms with E-state index in [1.54, 1.807) is 35.1 Å². The molecular formula is C26H23N5O3. The fourth-order valence-corrected chi connectivity index (χ4v) is 4.36. The molecule has 34 heavy (non-hydrogen) atoms. The largest absolute Gasteiger partial charge is 0.323 e. The first-order chi connectivity index (χ1) is 16.4. The summed E-state index contributed by atoms with van der Waals surface area (Å²) in [5, 5.41) is 8.24. The van der Waals surface area contributed by atoms with Crippen LogP contribution in [0.4, 0.5) is 5.69 Å². The Morgan fingerprint density at radius 1 is 0.941 bits per heavy atom. The van der Waals surface area contributed by atoms with Gasteiger partial charge in [0, 0.05) is 5.39 Å². The average molecular weight is 454 g/mol. The minimum Gasteiger partial charge on any atom is -0.323 e. The number of anilines is 1. The Bertz CT molecular complexity index is 1410. The van der Waals surface area contributed by atoms with Gasteiger partial charge in [-0.1, -0.05) is 44.2 Å². The molecule has 0 bridgehead atoms. The van der Waals surface area contributed by atoms with Gasteiger partial charge in [0.15, 0.2) is 5.65 Å². The second-order valence-electron chi connectivity index (χ2n) is 8.63. The van der Waals surface area contributed by atoms with Crippen molar-refractivity contribution in [3.8, 4) is 5.69 Å². The van der Waals surface area contributed by atoms with Crippen molar-refractivity contribution >= 4 is 34.4 Å².